The van der Waals surface area contributed by atoms with Gasteiger partial charge in [0.05, 0.1) is 31.8 Å². The molecule has 4 N–H and O–H groups in total. The first kappa shape index (κ1) is 24.2. The average Bonchev–Trinajstić information content (AvgIpc) is 3.35. The summed E-state index contributed by atoms with van der Waals surface area (Å²) in [5.41, 5.74) is 0.412. The highest BCUT2D eigenvalue weighted by molar-refractivity contribution is 5.86. The number of benzene rings is 2. The molecule has 1 aromatic heterocycles. The van der Waals surface area contributed by atoms with Crippen LogP contribution in [0, 0.1) is 0 Å². The molecule has 0 spiro atoms. The molecule has 2 aliphatic rings. The van der Waals surface area contributed by atoms with E-state index in [0.717, 1.165) is 0 Å². The van der Waals surface area contributed by atoms with Crippen molar-refractivity contribution in [2.45, 2.75) is 30.7 Å². The molecule has 192 valence electrons. The van der Waals surface area contributed by atoms with Gasteiger partial charge in [-0.15, -0.1) is 0 Å². The molecule has 0 unspecified atom stereocenters. The summed E-state index contributed by atoms with van der Waals surface area (Å²) in [5.74, 6) is 1.50. The number of methoxy groups -OCH3 is 2. The van der Waals surface area contributed by atoms with E-state index < -0.39 is 37.3 Å². The van der Waals surface area contributed by atoms with Gasteiger partial charge in [-0.1, -0.05) is 0 Å². The fourth-order valence-electron chi connectivity index (χ4n) is 4.17. The summed E-state index contributed by atoms with van der Waals surface area (Å²) >= 11 is 0. The largest absolute Gasteiger partial charge is 0.496 e. The second-order valence-electron chi connectivity index (χ2n) is 8.20. The first-order chi connectivity index (χ1) is 17.4. The van der Waals surface area contributed by atoms with Gasteiger partial charge >= 0.3 is 0 Å². The van der Waals surface area contributed by atoms with E-state index in [1.807, 2.05) is 0 Å². The highest BCUT2D eigenvalue weighted by Gasteiger charge is 2.45. The minimum Gasteiger partial charge on any atom is -0.496 e. The zero-order chi connectivity index (χ0) is 25.6. The van der Waals surface area contributed by atoms with Gasteiger partial charge in [0.1, 0.15) is 42.0 Å². The van der Waals surface area contributed by atoms with Crippen molar-refractivity contribution >= 4 is 11.0 Å². The molecule has 12 nitrogen and oxygen atoms in total. The van der Waals surface area contributed by atoms with Gasteiger partial charge in [0.25, 0.3) is 0 Å². The summed E-state index contributed by atoms with van der Waals surface area (Å²) in [4.78, 5) is 13.4. The van der Waals surface area contributed by atoms with E-state index >= 15 is 0 Å². The monoisotopic (exact) mass is 504 g/mol. The van der Waals surface area contributed by atoms with Crippen LogP contribution in [0.1, 0.15) is 0 Å². The van der Waals surface area contributed by atoms with Gasteiger partial charge in [0.15, 0.2) is 23.0 Å². The SMILES string of the molecule is COc1cc2c(=O)c(-c3cc4c(cc3OC)OCO4)coc2cc1O[C@@H]1O[C@H](CO)[C@@H](O)[C@H](O)[C@H]1O. The van der Waals surface area contributed by atoms with Crippen molar-refractivity contribution < 1.29 is 53.3 Å². The third kappa shape index (κ3) is 3.98. The molecule has 3 heterocycles. The van der Waals surface area contributed by atoms with Crippen molar-refractivity contribution in [1.82, 2.24) is 0 Å². The Bertz CT molecular complexity index is 1330. The topological polar surface area (TPSA) is 167 Å². The first-order valence-electron chi connectivity index (χ1n) is 10.9. The standard InChI is InChI=1S/C24H24O12/c1-30-13-5-17-16(33-9-34-17)3-10(13)12-8-32-14-6-18(15(31-2)4-11(14)20(12)26)35-24-23(29)22(28)21(27)19(7-25)36-24/h3-6,8,19,21-25,27-29H,7,9H2,1-2H3/t19-,21-,22+,23-,24-/m1/s1. The first-order valence-corrected chi connectivity index (χ1v) is 10.9. The van der Waals surface area contributed by atoms with Crippen molar-refractivity contribution in [3.8, 4) is 39.9 Å². The molecule has 0 bridgehead atoms. The van der Waals surface area contributed by atoms with Gasteiger partial charge in [-0.2, -0.15) is 0 Å². The van der Waals surface area contributed by atoms with Gasteiger partial charge in [-0.25, -0.2) is 0 Å². The van der Waals surface area contributed by atoms with Gasteiger partial charge in [0.2, 0.25) is 18.5 Å². The van der Waals surface area contributed by atoms with Crippen LogP contribution in [-0.4, -0.2) is 78.8 Å². The van der Waals surface area contributed by atoms with Crippen molar-refractivity contribution in [2.75, 3.05) is 27.6 Å². The normalized spacial score (nSPS) is 25.1. The number of hydrogen-bond donors (Lipinski definition) is 4. The minimum atomic E-state index is -1.63. The van der Waals surface area contributed by atoms with E-state index in [2.05, 4.69) is 0 Å². The third-order valence-electron chi connectivity index (χ3n) is 6.14. The number of hydrogen-bond acceptors (Lipinski definition) is 12. The van der Waals surface area contributed by atoms with Crippen LogP contribution in [0.25, 0.3) is 22.1 Å². The minimum absolute atomic E-state index is 0.0332. The summed E-state index contributed by atoms with van der Waals surface area (Å²) in [5, 5.41) is 39.9. The molecule has 2 aliphatic heterocycles. The number of rotatable bonds is 6. The van der Waals surface area contributed by atoms with E-state index in [9.17, 15) is 25.2 Å². The van der Waals surface area contributed by atoms with E-state index in [4.69, 9.17) is 32.8 Å². The van der Waals surface area contributed by atoms with Gasteiger partial charge in [-0.05, 0) is 12.1 Å². The van der Waals surface area contributed by atoms with Crippen LogP contribution in [-0.2, 0) is 4.74 Å². The molecule has 1 saturated heterocycles. The molecule has 0 saturated carbocycles. The van der Waals surface area contributed by atoms with Crippen molar-refractivity contribution in [2.24, 2.45) is 0 Å². The highest BCUT2D eigenvalue weighted by Crippen LogP contribution is 2.42. The highest BCUT2D eigenvalue weighted by atomic mass is 16.7. The molecule has 5 atom stereocenters. The number of ether oxygens (including phenoxy) is 6. The lowest BCUT2D eigenvalue weighted by molar-refractivity contribution is -0.277. The second kappa shape index (κ2) is 9.48. The maximum absolute atomic E-state index is 13.4. The van der Waals surface area contributed by atoms with Crippen molar-refractivity contribution in [3.63, 3.8) is 0 Å². The van der Waals surface area contributed by atoms with E-state index in [0.29, 0.717) is 22.8 Å². The van der Waals surface area contributed by atoms with Crippen LogP contribution in [0.3, 0.4) is 0 Å². The van der Waals surface area contributed by atoms with Crippen molar-refractivity contribution in [3.05, 3.63) is 40.8 Å². The average molecular weight is 504 g/mol. The smallest absolute Gasteiger partial charge is 0.231 e. The molecule has 0 radical (unpaired) electrons. The van der Waals surface area contributed by atoms with Crippen LogP contribution in [0.15, 0.2) is 39.7 Å². The number of aliphatic hydroxyl groups is 4. The molecule has 12 heteroatoms. The lowest BCUT2D eigenvalue weighted by Crippen LogP contribution is -2.60. The molecule has 0 aliphatic carbocycles. The molecule has 5 rings (SSSR count). The zero-order valence-corrected chi connectivity index (χ0v) is 19.2. The fraction of sp³-hybridized carbons (Fsp3) is 0.375. The Balaban J connectivity index is 1.54. The van der Waals surface area contributed by atoms with Gasteiger partial charge < -0.3 is 53.3 Å². The fourth-order valence-corrected chi connectivity index (χ4v) is 4.17. The van der Waals surface area contributed by atoms with Crippen LogP contribution < -0.4 is 29.1 Å². The third-order valence-corrected chi connectivity index (χ3v) is 6.14. The molecule has 3 aromatic rings. The second-order valence-corrected chi connectivity index (χ2v) is 8.20. The van der Waals surface area contributed by atoms with Gasteiger partial charge in [0, 0.05) is 17.7 Å². The Morgan fingerprint density at radius 2 is 1.61 bits per heavy atom. The Morgan fingerprint density at radius 1 is 0.889 bits per heavy atom. The molecular formula is C24H24O12. The Hall–Kier alpha value is -3.55. The lowest BCUT2D eigenvalue weighted by Gasteiger charge is -2.39. The quantitative estimate of drug-likeness (QED) is 0.365. The molecular weight excluding hydrogens is 480 g/mol. The van der Waals surface area contributed by atoms with Crippen molar-refractivity contribution in [1.29, 1.82) is 0 Å². The molecule has 0 amide bonds. The number of aliphatic hydroxyl groups excluding tert-OH is 4. The van der Waals surface area contributed by atoms with Crippen LogP contribution in [0.2, 0.25) is 0 Å². The molecule has 36 heavy (non-hydrogen) atoms. The van der Waals surface area contributed by atoms with Gasteiger partial charge in [-0.3, -0.25) is 4.79 Å². The van der Waals surface area contributed by atoms with E-state index in [1.54, 1.807) is 12.1 Å². The lowest BCUT2D eigenvalue weighted by atomic mass is 9.99. The van der Waals surface area contributed by atoms with Crippen LogP contribution in [0.4, 0.5) is 0 Å². The number of fused-ring (bicyclic) bond motifs is 2. The summed E-state index contributed by atoms with van der Waals surface area (Å²) in [6, 6.07) is 6.04. The van der Waals surface area contributed by atoms with Crippen LogP contribution in [0.5, 0.6) is 28.7 Å². The molecule has 1 fully saturated rings. The van der Waals surface area contributed by atoms with E-state index in [1.165, 1.54) is 32.6 Å². The maximum atomic E-state index is 13.4. The summed E-state index contributed by atoms with van der Waals surface area (Å²) in [6.45, 7) is -0.552. The predicted octanol–water partition coefficient (Wildman–Crippen LogP) is 0.385. The Morgan fingerprint density at radius 3 is 2.31 bits per heavy atom. The predicted molar refractivity (Wildman–Crippen MR) is 122 cm³/mol. The zero-order valence-electron chi connectivity index (χ0n) is 19.2. The summed E-state index contributed by atoms with van der Waals surface area (Å²) in [7, 11) is 2.82. The Labute approximate surface area is 203 Å². The summed E-state index contributed by atoms with van der Waals surface area (Å²) in [6.07, 6.45) is -6.11. The Kier molecular flexibility index (Phi) is 6.36. The van der Waals surface area contributed by atoms with E-state index in [-0.39, 0.29) is 40.3 Å². The maximum Gasteiger partial charge on any atom is 0.231 e. The van der Waals surface area contributed by atoms with Crippen LogP contribution >= 0.6 is 0 Å². The summed E-state index contributed by atoms with van der Waals surface area (Å²) < 4.78 is 38.4. The molecule has 2 aromatic carbocycles.